The highest BCUT2D eigenvalue weighted by atomic mass is 16.5. The molecule has 1 amide bonds. The van der Waals surface area contributed by atoms with Gasteiger partial charge in [0.15, 0.2) is 0 Å². The maximum atomic E-state index is 12.3. The van der Waals surface area contributed by atoms with Gasteiger partial charge in [-0.2, -0.15) is 0 Å². The number of ether oxygens (including phenoxy) is 1. The number of anilines is 2. The van der Waals surface area contributed by atoms with Gasteiger partial charge in [-0.3, -0.25) is 9.59 Å². The van der Waals surface area contributed by atoms with Gasteiger partial charge in [-0.05, 0) is 56.7 Å². The number of nitrogens with one attached hydrogen (secondary N) is 2. The van der Waals surface area contributed by atoms with Crippen LogP contribution in [0.15, 0.2) is 53.3 Å². The standard InChI is InChI=1S/C24H28N4O3/c1-16-14-28(15-17(2)31-16)19-12-10-18(11-13-19)25-23(29)9-5-8-22-26-21-7-4-3-6-20(21)24(30)27-22/h3-4,6-7,10-13,16-17H,5,8-9,14-15H2,1-2H3,(H,25,29)(H,26,27,30). The minimum absolute atomic E-state index is 0.0514. The number of nitrogens with zero attached hydrogens (tertiary/aromatic N) is 2. The highest BCUT2D eigenvalue weighted by Crippen LogP contribution is 2.22. The zero-order chi connectivity index (χ0) is 21.8. The lowest BCUT2D eigenvalue weighted by molar-refractivity contribution is -0.116. The van der Waals surface area contributed by atoms with Gasteiger partial charge in [0, 0.05) is 37.3 Å². The number of hydrogen-bond acceptors (Lipinski definition) is 5. The zero-order valence-electron chi connectivity index (χ0n) is 17.9. The number of morpholine rings is 1. The first kappa shape index (κ1) is 21.1. The maximum absolute atomic E-state index is 12.3. The monoisotopic (exact) mass is 420 g/mol. The van der Waals surface area contributed by atoms with Crippen LogP contribution in [0.2, 0.25) is 0 Å². The molecule has 0 saturated carbocycles. The van der Waals surface area contributed by atoms with Crippen LogP contribution in [0.25, 0.3) is 10.9 Å². The second-order valence-electron chi connectivity index (χ2n) is 8.14. The molecule has 2 heterocycles. The van der Waals surface area contributed by atoms with E-state index in [9.17, 15) is 9.59 Å². The number of para-hydroxylation sites is 1. The molecule has 2 N–H and O–H groups in total. The van der Waals surface area contributed by atoms with Gasteiger partial charge >= 0.3 is 0 Å². The molecule has 1 aliphatic heterocycles. The Morgan fingerprint density at radius 2 is 1.84 bits per heavy atom. The molecule has 1 aliphatic rings. The van der Waals surface area contributed by atoms with E-state index in [0.717, 1.165) is 24.5 Å². The average molecular weight is 421 g/mol. The van der Waals surface area contributed by atoms with E-state index in [1.54, 1.807) is 6.07 Å². The normalized spacial score (nSPS) is 18.8. The number of carbonyl (C=O) groups excluding carboxylic acids is 1. The molecule has 0 bridgehead atoms. The Kier molecular flexibility index (Phi) is 6.32. The molecule has 1 saturated heterocycles. The molecule has 2 atom stereocenters. The van der Waals surface area contributed by atoms with Gasteiger partial charge in [0.2, 0.25) is 5.91 Å². The summed E-state index contributed by atoms with van der Waals surface area (Å²) in [5, 5.41) is 3.52. The maximum Gasteiger partial charge on any atom is 0.258 e. The van der Waals surface area contributed by atoms with Gasteiger partial charge in [0.05, 0.1) is 23.1 Å². The average Bonchev–Trinajstić information content (AvgIpc) is 2.74. The number of carbonyl (C=O) groups is 1. The number of fused-ring (bicyclic) bond motifs is 1. The molecule has 3 aromatic rings. The number of aromatic amines is 1. The predicted octanol–water partition coefficient (Wildman–Crippen LogP) is 3.50. The molecule has 7 heteroatoms. The molecule has 2 aromatic carbocycles. The summed E-state index contributed by atoms with van der Waals surface area (Å²) in [6, 6.07) is 15.2. The SMILES string of the molecule is CC1CN(c2ccc(NC(=O)CCCc3nc4ccccc4c(=O)[nH]3)cc2)CC(C)O1. The van der Waals surface area contributed by atoms with Gasteiger partial charge in [0.1, 0.15) is 5.82 Å². The fourth-order valence-corrected chi connectivity index (χ4v) is 4.04. The van der Waals surface area contributed by atoms with Crippen molar-refractivity contribution in [3.8, 4) is 0 Å². The van der Waals surface area contributed by atoms with Crippen molar-refractivity contribution in [1.29, 1.82) is 0 Å². The fourth-order valence-electron chi connectivity index (χ4n) is 4.04. The van der Waals surface area contributed by atoms with Crippen molar-refractivity contribution in [3.63, 3.8) is 0 Å². The molecule has 31 heavy (non-hydrogen) atoms. The summed E-state index contributed by atoms with van der Waals surface area (Å²) in [6.07, 6.45) is 1.91. The van der Waals surface area contributed by atoms with Crippen molar-refractivity contribution in [2.45, 2.75) is 45.3 Å². The van der Waals surface area contributed by atoms with Gasteiger partial charge in [-0.25, -0.2) is 4.98 Å². The molecule has 162 valence electrons. The predicted molar refractivity (Wildman–Crippen MR) is 123 cm³/mol. The second-order valence-corrected chi connectivity index (χ2v) is 8.14. The molecule has 1 fully saturated rings. The van der Waals surface area contributed by atoms with Crippen LogP contribution in [0, 0.1) is 0 Å². The second kappa shape index (κ2) is 9.31. The third kappa shape index (κ3) is 5.30. The Labute approximate surface area is 181 Å². The number of amides is 1. The van der Waals surface area contributed by atoms with Crippen molar-refractivity contribution in [3.05, 3.63) is 64.7 Å². The first-order chi connectivity index (χ1) is 15.0. The van der Waals surface area contributed by atoms with Gasteiger partial charge in [-0.1, -0.05) is 12.1 Å². The van der Waals surface area contributed by atoms with E-state index in [2.05, 4.69) is 34.0 Å². The lowest BCUT2D eigenvalue weighted by atomic mass is 10.2. The first-order valence-corrected chi connectivity index (χ1v) is 10.8. The number of hydrogen-bond donors (Lipinski definition) is 2. The van der Waals surface area contributed by atoms with Crippen LogP contribution in [0.5, 0.6) is 0 Å². The summed E-state index contributed by atoms with van der Waals surface area (Å²) in [4.78, 5) is 34.0. The Morgan fingerprint density at radius 3 is 2.58 bits per heavy atom. The third-order valence-corrected chi connectivity index (χ3v) is 5.42. The summed E-state index contributed by atoms with van der Waals surface area (Å²) in [5.74, 6) is 0.555. The van der Waals surface area contributed by atoms with Crippen LogP contribution in [-0.2, 0) is 16.0 Å². The number of aryl methyl sites for hydroxylation is 1. The van der Waals surface area contributed by atoms with Gasteiger partial charge < -0.3 is 19.9 Å². The van der Waals surface area contributed by atoms with Crippen molar-refractivity contribution in [2.75, 3.05) is 23.3 Å². The lowest BCUT2D eigenvalue weighted by Gasteiger charge is -2.36. The van der Waals surface area contributed by atoms with Gasteiger partial charge in [0.25, 0.3) is 5.56 Å². The van der Waals surface area contributed by atoms with E-state index in [4.69, 9.17) is 4.74 Å². The van der Waals surface area contributed by atoms with Crippen molar-refractivity contribution in [2.24, 2.45) is 0 Å². The van der Waals surface area contributed by atoms with Crippen LogP contribution in [-0.4, -0.2) is 41.2 Å². The highest BCUT2D eigenvalue weighted by molar-refractivity contribution is 5.90. The van der Waals surface area contributed by atoms with E-state index < -0.39 is 0 Å². The van der Waals surface area contributed by atoms with Crippen LogP contribution in [0.1, 0.15) is 32.5 Å². The molecule has 2 unspecified atom stereocenters. The number of benzene rings is 2. The minimum Gasteiger partial charge on any atom is -0.372 e. The van der Waals surface area contributed by atoms with E-state index in [-0.39, 0.29) is 23.7 Å². The molecule has 7 nitrogen and oxygen atoms in total. The minimum atomic E-state index is -0.144. The molecule has 0 radical (unpaired) electrons. The van der Waals surface area contributed by atoms with Crippen molar-refractivity contribution < 1.29 is 9.53 Å². The molecule has 0 aliphatic carbocycles. The molecule has 0 spiro atoms. The smallest absolute Gasteiger partial charge is 0.258 e. The third-order valence-electron chi connectivity index (χ3n) is 5.42. The topological polar surface area (TPSA) is 87.3 Å². The Balaban J connectivity index is 1.29. The zero-order valence-corrected chi connectivity index (χ0v) is 17.9. The van der Waals surface area contributed by atoms with E-state index in [0.29, 0.717) is 36.0 Å². The van der Waals surface area contributed by atoms with Crippen molar-refractivity contribution in [1.82, 2.24) is 9.97 Å². The first-order valence-electron chi connectivity index (χ1n) is 10.8. The van der Waals surface area contributed by atoms with E-state index in [1.165, 1.54) is 0 Å². The van der Waals surface area contributed by atoms with Crippen LogP contribution in [0.3, 0.4) is 0 Å². The summed E-state index contributed by atoms with van der Waals surface area (Å²) < 4.78 is 5.79. The molecule has 4 rings (SSSR count). The fraction of sp³-hybridized carbons (Fsp3) is 0.375. The molecular weight excluding hydrogens is 392 g/mol. The summed E-state index contributed by atoms with van der Waals surface area (Å²) in [5.41, 5.74) is 2.44. The summed E-state index contributed by atoms with van der Waals surface area (Å²) in [7, 11) is 0. The van der Waals surface area contributed by atoms with Crippen LogP contribution < -0.4 is 15.8 Å². The van der Waals surface area contributed by atoms with Crippen LogP contribution in [0.4, 0.5) is 11.4 Å². The molecule has 1 aromatic heterocycles. The van der Waals surface area contributed by atoms with Gasteiger partial charge in [-0.15, -0.1) is 0 Å². The number of H-pyrrole nitrogens is 1. The van der Waals surface area contributed by atoms with E-state index >= 15 is 0 Å². The largest absolute Gasteiger partial charge is 0.372 e. The van der Waals surface area contributed by atoms with Crippen LogP contribution >= 0.6 is 0 Å². The van der Waals surface area contributed by atoms with Crippen molar-refractivity contribution >= 4 is 28.2 Å². The Hall–Kier alpha value is -3.19. The lowest BCUT2D eigenvalue weighted by Crippen LogP contribution is -2.45. The quantitative estimate of drug-likeness (QED) is 0.637. The Bertz CT molecular complexity index is 1100. The van der Waals surface area contributed by atoms with E-state index in [1.807, 2.05) is 42.5 Å². The Morgan fingerprint density at radius 1 is 1.13 bits per heavy atom. The molecular formula is C24H28N4O3. The summed E-state index contributed by atoms with van der Waals surface area (Å²) >= 11 is 0. The highest BCUT2D eigenvalue weighted by Gasteiger charge is 2.22. The summed E-state index contributed by atoms with van der Waals surface area (Å²) in [6.45, 7) is 5.89. The number of rotatable bonds is 6. The number of aromatic nitrogens is 2.